The predicted molar refractivity (Wildman–Crippen MR) is 66.6 cm³/mol. The maximum atomic E-state index is 11.2. The zero-order valence-electron chi connectivity index (χ0n) is 9.67. The lowest BCUT2D eigenvalue weighted by atomic mass is 9.97. The van der Waals surface area contributed by atoms with E-state index in [9.17, 15) is 9.59 Å². The van der Waals surface area contributed by atoms with E-state index in [4.69, 9.17) is 17.3 Å². The van der Waals surface area contributed by atoms with Crippen LogP contribution in [0.2, 0.25) is 5.15 Å². The number of amides is 1. The second kappa shape index (κ2) is 5.30. The minimum atomic E-state index is -0.326. The SMILES string of the molecule is NC(=O)C1CCCN(c2ncnc(Cl)c2C=O)C1. The molecule has 2 rings (SSSR count). The third-order valence-electron chi connectivity index (χ3n) is 3.06. The lowest BCUT2D eigenvalue weighted by Crippen LogP contribution is -2.42. The second-order valence-corrected chi connectivity index (χ2v) is 4.57. The highest BCUT2D eigenvalue weighted by atomic mass is 35.5. The Morgan fingerprint density at radius 1 is 1.56 bits per heavy atom. The Morgan fingerprint density at radius 2 is 2.33 bits per heavy atom. The van der Waals surface area contributed by atoms with Gasteiger partial charge in [-0.15, -0.1) is 0 Å². The molecule has 2 N–H and O–H groups in total. The van der Waals surface area contributed by atoms with Gasteiger partial charge in [0.25, 0.3) is 0 Å². The summed E-state index contributed by atoms with van der Waals surface area (Å²) in [6.45, 7) is 1.18. The normalized spacial score (nSPS) is 19.6. The highest BCUT2D eigenvalue weighted by molar-refractivity contribution is 6.32. The molecule has 7 heteroatoms. The molecule has 0 saturated carbocycles. The van der Waals surface area contributed by atoms with E-state index in [-0.39, 0.29) is 22.5 Å². The first-order chi connectivity index (χ1) is 8.63. The summed E-state index contributed by atoms with van der Waals surface area (Å²) in [5, 5.41) is 0.121. The summed E-state index contributed by atoms with van der Waals surface area (Å²) >= 11 is 5.85. The number of rotatable bonds is 3. The van der Waals surface area contributed by atoms with E-state index >= 15 is 0 Å². The Kier molecular flexibility index (Phi) is 3.76. The monoisotopic (exact) mass is 268 g/mol. The van der Waals surface area contributed by atoms with Crippen LogP contribution >= 0.6 is 11.6 Å². The van der Waals surface area contributed by atoms with Crippen molar-refractivity contribution in [2.75, 3.05) is 18.0 Å². The summed E-state index contributed by atoms with van der Waals surface area (Å²) in [6, 6.07) is 0. The van der Waals surface area contributed by atoms with Gasteiger partial charge in [0.2, 0.25) is 5.91 Å². The van der Waals surface area contributed by atoms with Crippen molar-refractivity contribution in [1.82, 2.24) is 9.97 Å². The molecule has 18 heavy (non-hydrogen) atoms. The number of primary amides is 1. The van der Waals surface area contributed by atoms with E-state index in [1.54, 1.807) is 0 Å². The minimum absolute atomic E-state index is 0.121. The van der Waals surface area contributed by atoms with Crippen LogP contribution in [0.15, 0.2) is 6.33 Å². The summed E-state index contributed by atoms with van der Waals surface area (Å²) in [6.07, 6.45) is 3.53. The molecule has 1 unspecified atom stereocenters. The third-order valence-corrected chi connectivity index (χ3v) is 3.36. The smallest absolute Gasteiger partial charge is 0.222 e. The summed E-state index contributed by atoms with van der Waals surface area (Å²) in [4.78, 5) is 31.9. The summed E-state index contributed by atoms with van der Waals surface area (Å²) in [7, 11) is 0. The van der Waals surface area contributed by atoms with Crippen molar-refractivity contribution in [1.29, 1.82) is 0 Å². The number of nitrogens with zero attached hydrogens (tertiary/aromatic N) is 3. The van der Waals surface area contributed by atoms with Gasteiger partial charge in [0.15, 0.2) is 6.29 Å². The van der Waals surface area contributed by atoms with Crippen molar-refractivity contribution in [2.45, 2.75) is 12.8 Å². The van der Waals surface area contributed by atoms with Crippen LogP contribution in [0.4, 0.5) is 5.82 Å². The van der Waals surface area contributed by atoms with Crippen LogP contribution in [0.5, 0.6) is 0 Å². The molecule has 1 amide bonds. The Labute approximate surface area is 109 Å². The molecule has 1 aromatic heterocycles. The number of hydrogen-bond acceptors (Lipinski definition) is 5. The van der Waals surface area contributed by atoms with E-state index in [0.29, 0.717) is 18.6 Å². The van der Waals surface area contributed by atoms with Gasteiger partial charge in [-0.05, 0) is 12.8 Å². The van der Waals surface area contributed by atoms with Gasteiger partial charge in [-0.3, -0.25) is 9.59 Å². The van der Waals surface area contributed by atoms with Crippen molar-refractivity contribution >= 4 is 29.6 Å². The van der Waals surface area contributed by atoms with Gasteiger partial charge in [0.1, 0.15) is 17.3 Å². The molecule has 1 atom stereocenters. The second-order valence-electron chi connectivity index (χ2n) is 4.21. The topological polar surface area (TPSA) is 89.2 Å². The van der Waals surface area contributed by atoms with Crippen LogP contribution in [0.25, 0.3) is 0 Å². The Hall–Kier alpha value is -1.69. The molecule has 0 aromatic carbocycles. The van der Waals surface area contributed by atoms with Crippen LogP contribution in [-0.4, -0.2) is 35.3 Å². The lowest BCUT2D eigenvalue weighted by molar-refractivity contribution is -0.122. The number of halogens is 1. The van der Waals surface area contributed by atoms with Crippen LogP contribution in [0.1, 0.15) is 23.2 Å². The summed E-state index contributed by atoms with van der Waals surface area (Å²) in [5.74, 6) is -0.0737. The van der Waals surface area contributed by atoms with Crippen LogP contribution in [0, 0.1) is 5.92 Å². The van der Waals surface area contributed by atoms with Gasteiger partial charge in [-0.25, -0.2) is 9.97 Å². The largest absolute Gasteiger partial charge is 0.369 e. The molecule has 0 spiro atoms. The lowest BCUT2D eigenvalue weighted by Gasteiger charge is -2.32. The first kappa shape index (κ1) is 12.8. The zero-order chi connectivity index (χ0) is 13.1. The Balaban J connectivity index is 2.28. The fourth-order valence-corrected chi connectivity index (χ4v) is 2.29. The molecule has 0 radical (unpaired) electrons. The molecule has 1 aromatic rings. The number of nitrogens with two attached hydrogens (primary N) is 1. The van der Waals surface area contributed by atoms with Crippen LogP contribution < -0.4 is 10.6 Å². The van der Waals surface area contributed by atoms with Gasteiger partial charge in [-0.1, -0.05) is 11.6 Å². The molecule has 6 nitrogen and oxygen atoms in total. The fraction of sp³-hybridized carbons (Fsp3) is 0.455. The van der Waals surface area contributed by atoms with Gasteiger partial charge in [0, 0.05) is 13.1 Å². The average molecular weight is 269 g/mol. The van der Waals surface area contributed by atoms with Gasteiger partial charge in [0.05, 0.1) is 11.5 Å². The van der Waals surface area contributed by atoms with Crippen molar-refractivity contribution in [3.63, 3.8) is 0 Å². The van der Waals surface area contributed by atoms with Crippen molar-refractivity contribution in [2.24, 2.45) is 11.7 Å². The predicted octanol–water partition coefficient (Wildman–Crippen LogP) is 0.644. The van der Waals surface area contributed by atoms with Gasteiger partial charge < -0.3 is 10.6 Å². The molecule has 1 aliphatic rings. The van der Waals surface area contributed by atoms with Gasteiger partial charge >= 0.3 is 0 Å². The summed E-state index contributed by atoms with van der Waals surface area (Å²) in [5.41, 5.74) is 5.57. The molecule has 1 fully saturated rings. The minimum Gasteiger partial charge on any atom is -0.369 e. The molecule has 0 bridgehead atoms. The quantitative estimate of drug-likeness (QED) is 0.642. The van der Waals surface area contributed by atoms with E-state index in [1.807, 2.05) is 4.90 Å². The number of hydrogen-bond donors (Lipinski definition) is 1. The molecule has 1 aliphatic heterocycles. The number of carbonyl (C=O) groups is 2. The number of piperidine rings is 1. The van der Waals surface area contributed by atoms with Crippen LogP contribution in [0.3, 0.4) is 0 Å². The van der Waals surface area contributed by atoms with Crippen molar-refractivity contribution in [3.8, 4) is 0 Å². The Bertz CT molecular complexity index is 480. The molecule has 1 saturated heterocycles. The highest BCUT2D eigenvalue weighted by Crippen LogP contribution is 2.26. The molecule has 2 heterocycles. The average Bonchev–Trinajstić information content (AvgIpc) is 2.38. The molecule has 0 aliphatic carbocycles. The number of aldehydes is 1. The number of anilines is 1. The highest BCUT2D eigenvalue weighted by Gasteiger charge is 2.26. The van der Waals surface area contributed by atoms with E-state index in [1.165, 1.54) is 6.33 Å². The third kappa shape index (κ3) is 2.43. The molecular weight excluding hydrogens is 256 g/mol. The first-order valence-electron chi connectivity index (χ1n) is 5.63. The Morgan fingerprint density at radius 3 is 3.00 bits per heavy atom. The maximum absolute atomic E-state index is 11.2. The fourth-order valence-electron chi connectivity index (χ4n) is 2.12. The van der Waals surface area contributed by atoms with Gasteiger partial charge in [-0.2, -0.15) is 0 Å². The van der Waals surface area contributed by atoms with E-state index < -0.39 is 0 Å². The molecular formula is C11H13ClN4O2. The number of carbonyl (C=O) groups excluding carboxylic acids is 2. The summed E-state index contributed by atoms with van der Waals surface area (Å²) < 4.78 is 0. The van der Waals surface area contributed by atoms with E-state index in [2.05, 4.69) is 9.97 Å². The van der Waals surface area contributed by atoms with E-state index in [0.717, 1.165) is 19.4 Å². The first-order valence-corrected chi connectivity index (χ1v) is 6.01. The maximum Gasteiger partial charge on any atom is 0.222 e. The zero-order valence-corrected chi connectivity index (χ0v) is 10.4. The molecule has 96 valence electrons. The standard InChI is InChI=1S/C11H13ClN4O2/c12-9-8(5-17)11(15-6-14-9)16-3-1-2-7(4-16)10(13)18/h5-7H,1-4H2,(H2,13,18). The number of aromatic nitrogens is 2. The van der Waals surface area contributed by atoms with Crippen molar-refractivity contribution in [3.05, 3.63) is 17.0 Å². The van der Waals surface area contributed by atoms with Crippen LogP contribution in [-0.2, 0) is 4.79 Å². The van der Waals surface area contributed by atoms with Crippen molar-refractivity contribution < 1.29 is 9.59 Å².